The maximum Gasteiger partial charge on any atom is 0.472 e. The van der Waals surface area contributed by atoms with E-state index in [0.29, 0.717) is 23.9 Å². The molecule has 0 fully saturated rings. The van der Waals surface area contributed by atoms with Gasteiger partial charge in [0.2, 0.25) is 0 Å². The van der Waals surface area contributed by atoms with Gasteiger partial charge in [-0.05, 0) is 51.4 Å². The van der Waals surface area contributed by atoms with Crippen molar-refractivity contribution in [3.05, 3.63) is 48.6 Å². The van der Waals surface area contributed by atoms with Crippen molar-refractivity contribution in [1.29, 1.82) is 0 Å². The molecule has 0 radical (unpaired) electrons. The van der Waals surface area contributed by atoms with Gasteiger partial charge >= 0.3 is 19.8 Å². The van der Waals surface area contributed by atoms with Crippen LogP contribution in [0.1, 0.15) is 463 Å². The predicted molar refractivity (Wildman–Crippen MR) is 437 cm³/mol. The van der Waals surface area contributed by atoms with Crippen LogP contribution in [0.25, 0.3) is 0 Å². The number of esters is 2. The lowest BCUT2D eigenvalue weighted by Crippen LogP contribution is -2.37. The lowest BCUT2D eigenvalue weighted by Gasteiger charge is -2.24. The van der Waals surface area contributed by atoms with E-state index >= 15 is 0 Å². The SMILES string of the molecule is CC/C=C\C/C=C\C/C=C\C/C=C\CCCCCCCCCCCCCCCCCCCCCCCCCCC(=O)OC(COC(=O)CCCCCCCCCCCCCCCCCCCCCCCCCCCCCCCCCCCCCCCCC)COP(=O)(O)OCC[N+](C)(C)C. The molecule has 100 heavy (non-hydrogen) atoms. The molecular weight excluding hydrogens is 1250 g/mol. The summed E-state index contributed by atoms with van der Waals surface area (Å²) in [6.45, 7) is 4.41. The Morgan fingerprint density at radius 1 is 0.320 bits per heavy atom. The van der Waals surface area contributed by atoms with Gasteiger partial charge in [-0.3, -0.25) is 18.6 Å². The molecule has 0 rings (SSSR count). The van der Waals surface area contributed by atoms with Crippen LogP contribution in [0.5, 0.6) is 0 Å². The number of rotatable bonds is 84. The smallest absolute Gasteiger partial charge is 0.462 e. The van der Waals surface area contributed by atoms with Gasteiger partial charge in [-0.25, -0.2) is 4.57 Å². The highest BCUT2D eigenvalue weighted by Crippen LogP contribution is 2.43. The number of unbranched alkanes of at least 4 members (excludes halogenated alkanes) is 62. The highest BCUT2D eigenvalue weighted by molar-refractivity contribution is 7.47. The zero-order valence-corrected chi connectivity index (χ0v) is 68.6. The number of allylic oxidation sites excluding steroid dienone is 8. The minimum absolute atomic E-state index is 0.0354. The summed E-state index contributed by atoms with van der Waals surface area (Å²) < 4.78 is 34.9. The number of ether oxygens (including phenoxy) is 2. The number of carbonyl (C=O) groups excluding carboxylic acids is 2. The van der Waals surface area contributed by atoms with E-state index in [-0.39, 0.29) is 25.6 Å². The third-order valence-electron chi connectivity index (χ3n) is 20.4. The second-order valence-electron chi connectivity index (χ2n) is 31.6. The fourth-order valence-corrected chi connectivity index (χ4v) is 14.4. The van der Waals surface area contributed by atoms with Crippen LogP contribution in [-0.2, 0) is 32.7 Å². The summed E-state index contributed by atoms with van der Waals surface area (Å²) in [5.74, 6) is -0.768. The van der Waals surface area contributed by atoms with Crippen LogP contribution in [0.15, 0.2) is 48.6 Å². The Morgan fingerprint density at radius 3 is 0.850 bits per heavy atom. The number of hydrogen-bond acceptors (Lipinski definition) is 7. The molecule has 2 unspecified atom stereocenters. The highest BCUT2D eigenvalue weighted by Gasteiger charge is 2.27. The van der Waals surface area contributed by atoms with E-state index in [2.05, 4.69) is 62.5 Å². The molecule has 9 nitrogen and oxygen atoms in total. The summed E-state index contributed by atoms with van der Waals surface area (Å²) in [4.78, 5) is 36.1. The molecular formula is C90H173NO8P+. The van der Waals surface area contributed by atoms with Gasteiger partial charge in [-0.15, -0.1) is 0 Å². The van der Waals surface area contributed by atoms with E-state index in [1.54, 1.807) is 0 Å². The topological polar surface area (TPSA) is 108 Å². The van der Waals surface area contributed by atoms with E-state index in [0.717, 1.165) is 57.8 Å². The Bertz CT molecular complexity index is 1830. The van der Waals surface area contributed by atoms with Crippen LogP contribution in [0.2, 0.25) is 0 Å². The third-order valence-corrected chi connectivity index (χ3v) is 21.4. The highest BCUT2D eigenvalue weighted by atomic mass is 31.2. The van der Waals surface area contributed by atoms with Crippen LogP contribution in [0.4, 0.5) is 0 Å². The minimum atomic E-state index is -4.39. The van der Waals surface area contributed by atoms with Crippen molar-refractivity contribution >= 4 is 19.8 Å². The molecule has 590 valence electrons. The normalized spacial score (nSPS) is 13.1. The molecule has 0 spiro atoms. The van der Waals surface area contributed by atoms with Crippen LogP contribution in [0, 0.1) is 0 Å². The molecule has 0 heterocycles. The molecule has 0 aliphatic carbocycles. The van der Waals surface area contributed by atoms with E-state index in [4.69, 9.17) is 18.5 Å². The van der Waals surface area contributed by atoms with Crippen LogP contribution in [-0.4, -0.2) is 74.9 Å². The largest absolute Gasteiger partial charge is 0.472 e. The van der Waals surface area contributed by atoms with Crippen molar-refractivity contribution in [2.75, 3.05) is 47.5 Å². The molecule has 0 aliphatic heterocycles. The quantitative estimate of drug-likeness (QED) is 0.0211. The number of phosphoric ester groups is 1. The summed E-state index contributed by atoms with van der Waals surface area (Å²) in [7, 11) is 1.51. The second kappa shape index (κ2) is 81.1. The maximum atomic E-state index is 12.9. The monoisotopic (exact) mass is 1430 g/mol. The molecule has 2 atom stereocenters. The Balaban J connectivity index is 3.84. The van der Waals surface area contributed by atoms with Gasteiger partial charge in [0.15, 0.2) is 6.10 Å². The fourth-order valence-electron chi connectivity index (χ4n) is 13.7. The first-order valence-corrected chi connectivity index (χ1v) is 45.9. The number of phosphoric acid groups is 1. The molecule has 0 aromatic carbocycles. The van der Waals surface area contributed by atoms with Gasteiger partial charge in [-0.1, -0.05) is 448 Å². The first-order chi connectivity index (χ1) is 49.0. The van der Waals surface area contributed by atoms with E-state index < -0.39 is 26.5 Å². The van der Waals surface area contributed by atoms with Crippen LogP contribution in [0.3, 0.4) is 0 Å². The van der Waals surface area contributed by atoms with Crippen molar-refractivity contribution < 1.29 is 42.1 Å². The van der Waals surface area contributed by atoms with Gasteiger partial charge in [0, 0.05) is 12.8 Å². The molecule has 0 aliphatic rings. The van der Waals surface area contributed by atoms with E-state index in [1.165, 1.54) is 372 Å². The summed E-state index contributed by atoms with van der Waals surface area (Å²) in [6, 6.07) is 0. The summed E-state index contributed by atoms with van der Waals surface area (Å²) in [5, 5.41) is 0. The Labute approximate surface area is 624 Å². The van der Waals surface area contributed by atoms with Gasteiger partial charge in [0.25, 0.3) is 0 Å². The van der Waals surface area contributed by atoms with E-state index in [1.807, 2.05) is 21.1 Å². The van der Waals surface area contributed by atoms with Crippen molar-refractivity contribution in [3.8, 4) is 0 Å². The molecule has 10 heteroatoms. The summed E-state index contributed by atoms with van der Waals surface area (Å²) in [5.41, 5.74) is 0. The van der Waals surface area contributed by atoms with Crippen molar-refractivity contribution in [2.45, 2.75) is 469 Å². The third kappa shape index (κ3) is 84.9. The standard InChI is InChI=1S/C90H172NO8P/c1-6-8-10-12-14-16-18-20-22-24-26-28-30-32-34-36-38-40-42-44-45-47-48-50-52-54-56-58-60-62-64-66-68-70-72-74-76-78-80-82-89(92)96-86-88(87-98-100(94,95)97-85-84-91(3,4)5)99-90(93)83-81-79-77-75-73-71-69-67-65-63-61-59-57-55-53-51-49-46-43-41-39-37-35-33-31-29-27-25-23-21-19-17-15-13-11-9-7-2/h9,11,15,17,21,23,27,29,88H,6-8,10,12-14,16,18-20,22,24-26,28,30-87H2,1-5H3/p+1/b11-9-,17-15-,23-21-,29-27-. The predicted octanol–water partition coefficient (Wildman–Crippen LogP) is 29.9. The molecule has 0 aromatic rings. The second-order valence-corrected chi connectivity index (χ2v) is 33.1. The summed E-state index contributed by atoms with van der Waals surface area (Å²) in [6.07, 6.45) is 109. The molecule has 1 N–H and O–H groups in total. The average Bonchev–Trinajstić information content (AvgIpc) is 1.02. The van der Waals surface area contributed by atoms with Crippen LogP contribution < -0.4 is 0 Å². The Kier molecular flexibility index (Phi) is 79.4. The van der Waals surface area contributed by atoms with E-state index in [9.17, 15) is 19.0 Å². The molecule has 0 amide bonds. The van der Waals surface area contributed by atoms with Crippen molar-refractivity contribution in [1.82, 2.24) is 0 Å². The number of quaternary nitrogens is 1. The number of carbonyl (C=O) groups is 2. The zero-order chi connectivity index (χ0) is 72.5. The molecule has 0 bridgehead atoms. The molecule has 0 saturated heterocycles. The lowest BCUT2D eigenvalue weighted by molar-refractivity contribution is -0.870. The van der Waals surface area contributed by atoms with Gasteiger partial charge in [-0.2, -0.15) is 0 Å². The molecule has 0 saturated carbocycles. The minimum Gasteiger partial charge on any atom is -0.462 e. The lowest BCUT2D eigenvalue weighted by atomic mass is 10.0. The average molecular weight is 1430 g/mol. The number of nitrogens with zero attached hydrogens (tertiary/aromatic N) is 1. The van der Waals surface area contributed by atoms with Crippen molar-refractivity contribution in [3.63, 3.8) is 0 Å². The van der Waals surface area contributed by atoms with Gasteiger partial charge < -0.3 is 18.9 Å². The number of likely N-dealkylation sites (N-methyl/N-ethyl adjacent to an activating group) is 1. The Hall–Kier alpha value is -2.03. The van der Waals surface area contributed by atoms with Crippen LogP contribution >= 0.6 is 7.82 Å². The molecule has 0 aromatic heterocycles. The van der Waals surface area contributed by atoms with Gasteiger partial charge in [0.1, 0.15) is 19.8 Å². The zero-order valence-electron chi connectivity index (χ0n) is 67.7. The first-order valence-electron chi connectivity index (χ1n) is 44.4. The first kappa shape index (κ1) is 98.0. The number of hydrogen-bond donors (Lipinski definition) is 1. The van der Waals surface area contributed by atoms with Gasteiger partial charge in [0.05, 0.1) is 27.7 Å². The van der Waals surface area contributed by atoms with Crippen molar-refractivity contribution in [2.24, 2.45) is 0 Å². The Morgan fingerprint density at radius 2 is 0.570 bits per heavy atom. The maximum absolute atomic E-state index is 12.9. The fraction of sp³-hybridized carbons (Fsp3) is 0.889. The summed E-state index contributed by atoms with van der Waals surface area (Å²) >= 11 is 0.